The van der Waals surface area contributed by atoms with E-state index in [1.807, 2.05) is 60.7 Å². The number of aliphatic hydroxyl groups excluding tert-OH is 1. The number of hydrogen-bond donors (Lipinski definition) is 1. The molecule has 1 heterocycles. The summed E-state index contributed by atoms with van der Waals surface area (Å²) in [6.07, 6.45) is 3.04. The Morgan fingerprint density at radius 2 is 1.55 bits per heavy atom. The minimum Gasteiger partial charge on any atom is -0.503 e. The standard InChI is InChI=1S/C26H20ClNO3/c27-21-14-8-7-13-20(21)24-23(22(29)16-15-18-9-3-1-4-10-18)25(30)26(31)28(24)17-19-11-5-2-6-12-19/h1-16,24,30H,17H2. The van der Waals surface area contributed by atoms with E-state index in [0.29, 0.717) is 10.6 Å². The minimum atomic E-state index is -0.783. The van der Waals surface area contributed by atoms with Gasteiger partial charge >= 0.3 is 0 Å². The molecule has 3 aromatic carbocycles. The highest BCUT2D eigenvalue weighted by molar-refractivity contribution is 6.31. The molecule has 0 bridgehead atoms. The summed E-state index contributed by atoms with van der Waals surface area (Å²) in [5.41, 5.74) is 2.35. The number of aliphatic hydroxyl groups is 1. The monoisotopic (exact) mass is 429 g/mol. The van der Waals surface area contributed by atoms with Crippen LogP contribution in [0.25, 0.3) is 6.08 Å². The van der Waals surface area contributed by atoms with Crippen LogP contribution >= 0.6 is 11.6 Å². The number of nitrogens with zero attached hydrogens (tertiary/aromatic N) is 1. The van der Waals surface area contributed by atoms with Gasteiger partial charge in [-0.25, -0.2) is 0 Å². The van der Waals surface area contributed by atoms with Gasteiger partial charge in [-0.3, -0.25) is 9.59 Å². The smallest absolute Gasteiger partial charge is 0.290 e. The van der Waals surface area contributed by atoms with E-state index in [-0.39, 0.29) is 12.1 Å². The third kappa shape index (κ3) is 4.30. The van der Waals surface area contributed by atoms with E-state index in [1.54, 1.807) is 30.3 Å². The zero-order valence-electron chi connectivity index (χ0n) is 16.6. The molecule has 0 aromatic heterocycles. The average Bonchev–Trinajstić information content (AvgIpc) is 3.04. The molecule has 0 saturated carbocycles. The maximum Gasteiger partial charge on any atom is 0.290 e. The summed E-state index contributed by atoms with van der Waals surface area (Å²) >= 11 is 6.44. The van der Waals surface area contributed by atoms with Crippen molar-refractivity contribution in [3.63, 3.8) is 0 Å². The highest BCUT2D eigenvalue weighted by Gasteiger charge is 2.43. The predicted octanol–water partition coefficient (Wildman–Crippen LogP) is 5.52. The van der Waals surface area contributed by atoms with Crippen LogP contribution in [0, 0.1) is 0 Å². The van der Waals surface area contributed by atoms with Gasteiger partial charge in [-0.1, -0.05) is 96.5 Å². The van der Waals surface area contributed by atoms with Gasteiger partial charge in [0.25, 0.3) is 5.91 Å². The molecule has 154 valence electrons. The van der Waals surface area contributed by atoms with Crippen molar-refractivity contribution >= 4 is 29.4 Å². The second kappa shape index (κ2) is 9.02. The van der Waals surface area contributed by atoms with E-state index in [9.17, 15) is 14.7 Å². The number of amides is 1. The fourth-order valence-electron chi connectivity index (χ4n) is 3.69. The van der Waals surface area contributed by atoms with Gasteiger partial charge in [0.15, 0.2) is 11.5 Å². The van der Waals surface area contributed by atoms with Gasteiger partial charge in [-0.15, -0.1) is 0 Å². The van der Waals surface area contributed by atoms with Crippen molar-refractivity contribution in [2.45, 2.75) is 12.6 Å². The zero-order chi connectivity index (χ0) is 21.8. The Kier molecular flexibility index (Phi) is 6.01. The van der Waals surface area contributed by atoms with Crippen molar-refractivity contribution in [2.75, 3.05) is 0 Å². The molecular weight excluding hydrogens is 410 g/mol. The molecule has 0 aliphatic carbocycles. The van der Waals surface area contributed by atoms with Gasteiger partial charge in [0.05, 0.1) is 11.6 Å². The largest absolute Gasteiger partial charge is 0.503 e. The summed E-state index contributed by atoms with van der Waals surface area (Å²) in [6, 6.07) is 25.1. The van der Waals surface area contributed by atoms with Gasteiger partial charge in [0, 0.05) is 11.6 Å². The van der Waals surface area contributed by atoms with E-state index in [1.165, 1.54) is 11.0 Å². The van der Waals surface area contributed by atoms with E-state index in [0.717, 1.165) is 11.1 Å². The average molecular weight is 430 g/mol. The zero-order valence-corrected chi connectivity index (χ0v) is 17.4. The van der Waals surface area contributed by atoms with Crippen LogP contribution in [-0.4, -0.2) is 21.7 Å². The molecule has 3 aromatic rings. The molecular formula is C26H20ClNO3. The van der Waals surface area contributed by atoms with Gasteiger partial charge < -0.3 is 10.0 Å². The normalized spacial score (nSPS) is 16.4. The Bertz CT molecular complexity index is 1170. The first-order chi connectivity index (χ1) is 15.1. The quantitative estimate of drug-likeness (QED) is 0.525. The Hall–Kier alpha value is -3.63. The molecule has 1 unspecified atom stereocenters. The second-order valence-electron chi connectivity index (χ2n) is 7.21. The fraction of sp³-hybridized carbons (Fsp3) is 0.0769. The van der Waals surface area contributed by atoms with Crippen LogP contribution in [0.15, 0.2) is 102 Å². The highest BCUT2D eigenvalue weighted by Crippen LogP contribution is 2.41. The predicted molar refractivity (Wildman–Crippen MR) is 121 cm³/mol. The van der Waals surface area contributed by atoms with E-state index >= 15 is 0 Å². The molecule has 1 aliphatic rings. The molecule has 1 N–H and O–H groups in total. The molecule has 1 aliphatic heterocycles. The number of ketones is 1. The van der Waals surface area contributed by atoms with E-state index in [2.05, 4.69) is 0 Å². The number of carbonyl (C=O) groups is 2. The van der Waals surface area contributed by atoms with Crippen molar-refractivity contribution in [1.82, 2.24) is 4.90 Å². The number of carbonyl (C=O) groups excluding carboxylic acids is 2. The molecule has 31 heavy (non-hydrogen) atoms. The maximum absolute atomic E-state index is 13.1. The Balaban J connectivity index is 1.74. The van der Waals surface area contributed by atoms with Crippen LogP contribution in [0.5, 0.6) is 0 Å². The molecule has 5 heteroatoms. The van der Waals surface area contributed by atoms with Crippen LogP contribution in [0.4, 0.5) is 0 Å². The molecule has 1 atom stereocenters. The second-order valence-corrected chi connectivity index (χ2v) is 7.62. The fourth-order valence-corrected chi connectivity index (χ4v) is 3.93. The molecule has 0 spiro atoms. The topological polar surface area (TPSA) is 57.6 Å². The van der Waals surface area contributed by atoms with Gasteiger partial charge in [0.2, 0.25) is 0 Å². The Morgan fingerprint density at radius 3 is 2.23 bits per heavy atom. The van der Waals surface area contributed by atoms with Crippen molar-refractivity contribution in [3.8, 4) is 0 Å². The molecule has 4 rings (SSSR count). The molecule has 0 fully saturated rings. The molecule has 1 amide bonds. The summed E-state index contributed by atoms with van der Waals surface area (Å²) in [5, 5.41) is 11.1. The van der Waals surface area contributed by atoms with Crippen LogP contribution < -0.4 is 0 Å². The van der Waals surface area contributed by atoms with Crippen LogP contribution in [-0.2, 0) is 16.1 Å². The lowest BCUT2D eigenvalue weighted by molar-refractivity contribution is -0.130. The van der Waals surface area contributed by atoms with Gasteiger partial charge in [-0.2, -0.15) is 0 Å². The highest BCUT2D eigenvalue weighted by atomic mass is 35.5. The van der Waals surface area contributed by atoms with Crippen molar-refractivity contribution in [1.29, 1.82) is 0 Å². The van der Waals surface area contributed by atoms with Crippen molar-refractivity contribution in [2.24, 2.45) is 0 Å². The number of benzene rings is 3. The summed E-state index contributed by atoms with van der Waals surface area (Å²) in [6.45, 7) is 0.235. The lowest BCUT2D eigenvalue weighted by Crippen LogP contribution is -2.30. The lowest BCUT2D eigenvalue weighted by atomic mass is 9.95. The van der Waals surface area contributed by atoms with Crippen molar-refractivity contribution < 1.29 is 14.7 Å². The lowest BCUT2D eigenvalue weighted by Gasteiger charge is -2.27. The summed E-state index contributed by atoms with van der Waals surface area (Å²) < 4.78 is 0. The number of allylic oxidation sites excluding steroid dienone is 1. The number of hydrogen-bond acceptors (Lipinski definition) is 3. The minimum absolute atomic E-state index is 0.0289. The molecule has 4 nitrogen and oxygen atoms in total. The van der Waals surface area contributed by atoms with Gasteiger partial charge in [0.1, 0.15) is 0 Å². The van der Waals surface area contributed by atoms with Gasteiger partial charge in [-0.05, 0) is 28.8 Å². The van der Waals surface area contributed by atoms with Crippen LogP contribution in [0.3, 0.4) is 0 Å². The summed E-state index contributed by atoms with van der Waals surface area (Å²) in [5.74, 6) is -1.57. The first-order valence-electron chi connectivity index (χ1n) is 9.86. The third-order valence-electron chi connectivity index (χ3n) is 5.19. The first-order valence-corrected chi connectivity index (χ1v) is 10.2. The maximum atomic E-state index is 13.1. The third-order valence-corrected chi connectivity index (χ3v) is 5.54. The molecule has 0 radical (unpaired) electrons. The SMILES string of the molecule is O=C(C=Cc1ccccc1)C1=C(O)C(=O)N(Cc2ccccc2)C1c1ccccc1Cl. The Labute approximate surface area is 185 Å². The van der Waals surface area contributed by atoms with Crippen LogP contribution in [0.2, 0.25) is 5.02 Å². The van der Waals surface area contributed by atoms with E-state index < -0.39 is 23.5 Å². The number of halogens is 1. The number of rotatable bonds is 6. The molecule has 0 saturated heterocycles. The first kappa shape index (κ1) is 20.6. The summed E-state index contributed by atoms with van der Waals surface area (Å²) in [4.78, 5) is 27.6. The Morgan fingerprint density at radius 1 is 0.935 bits per heavy atom. The van der Waals surface area contributed by atoms with E-state index in [4.69, 9.17) is 11.6 Å². The van der Waals surface area contributed by atoms with Crippen LogP contribution in [0.1, 0.15) is 22.7 Å². The van der Waals surface area contributed by atoms with Crippen molar-refractivity contribution in [3.05, 3.63) is 124 Å². The summed E-state index contributed by atoms with van der Waals surface area (Å²) in [7, 11) is 0.